The fourth-order valence-electron chi connectivity index (χ4n) is 2.23. The summed E-state index contributed by atoms with van der Waals surface area (Å²) in [4.78, 5) is 6.34. The van der Waals surface area contributed by atoms with Crippen molar-refractivity contribution in [2.24, 2.45) is 5.84 Å². The monoisotopic (exact) mass is 290 g/mol. The number of nitrogens with zero attached hydrogens (tertiary/aromatic N) is 2. The molecule has 0 radical (unpaired) electrons. The van der Waals surface area contributed by atoms with Gasteiger partial charge in [-0.1, -0.05) is 23.2 Å². The Morgan fingerprint density at radius 1 is 1.44 bits per heavy atom. The van der Waals surface area contributed by atoms with E-state index in [-0.39, 0.29) is 12.6 Å². The number of piperidine rings is 1. The van der Waals surface area contributed by atoms with Crippen LogP contribution in [-0.4, -0.2) is 29.3 Å². The van der Waals surface area contributed by atoms with Crippen LogP contribution in [0.4, 0.5) is 11.6 Å². The lowest BCUT2D eigenvalue weighted by Gasteiger charge is -2.36. The highest BCUT2D eigenvalue weighted by atomic mass is 35.5. The Morgan fingerprint density at radius 3 is 2.89 bits per heavy atom. The van der Waals surface area contributed by atoms with Gasteiger partial charge in [0, 0.05) is 6.54 Å². The highest BCUT2D eigenvalue weighted by Gasteiger charge is 2.25. The van der Waals surface area contributed by atoms with Crippen LogP contribution in [-0.2, 0) is 0 Å². The van der Waals surface area contributed by atoms with Gasteiger partial charge in [0.1, 0.15) is 5.82 Å². The highest BCUT2D eigenvalue weighted by Crippen LogP contribution is 2.34. The molecule has 1 fully saturated rings. The third-order valence-electron chi connectivity index (χ3n) is 3.16. The molecule has 0 aliphatic carbocycles. The Hall–Kier alpha value is -0.750. The number of pyridine rings is 1. The number of hydrogen-bond donors (Lipinski definition) is 3. The first-order valence-electron chi connectivity index (χ1n) is 5.87. The van der Waals surface area contributed by atoms with Crippen molar-refractivity contribution in [2.45, 2.75) is 25.3 Å². The summed E-state index contributed by atoms with van der Waals surface area (Å²) < 4.78 is 0. The van der Waals surface area contributed by atoms with Crippen molar-refractivity contribution >= 4 is 34.8 Å². The molecule has 1 aliphatic heterocycles. The number of nitrogens with two attached hydrogens (primary N) is 1. The van der Waals surface area contributed by atoms with Crippen molar-refractivity contribution in [1.29, 1.82) is 0 Å². The van der Waals surface area contributed by atoms with E-state index in [2.05, 4.69) is 10.4 Å². The Labute approximate surface area is 116 Å². The normalized spacial score (nSPS) is 20.0. The highest BCUT2D eigenvalue weighted by molar-refractivity contribution is 6.37. The van der Waals surface area contributed by atoms with E-state index in [1.807, 2.05) is 4.90 Å². The second-order valence-electron chi connectivity index (χ2n) is 4.29. The van der Waals surface area contributed by atoms with Gasteiger partial charge in [0.15, 0.2) is 5.82 Å². The smallest absolute Gasteiger partial charge is 0.161 e. The molecule has 2 rings (SSSR count). The summed E-state index contributed by atoms with van der Waals surface area (Å²) in [5, 5.41) is 10.3. The first-order valence-corrected chi connectivity index (χ1v) is 6.63. The lowest BCUT2D eigenvalue weighted by molar-refractivity contribution is 0.239. The first kappa shape index (κ1) is 13.7. The molecule has 1 aliphatic rings. The number of hydrazine groups is 1. The molecule has 0 saturated carbocycles. The quantitative estimate of drug-likeness (QED) is 0.587. The molecule has 5 nitrogen and oxygen atoms in total. The predicted molar refractivity (Wildman–Crippen MR) is 74.1 cm³/mol. The van der Waals surface area contributed by atoms with Crippen LogP contribution < -0.4 is 16.2 Å². The zero-order valence-electron chi connectivity index (χ0n) is 9.87. The number of rotatable bonds is 3. The van der Waals surface area contributed by atoms with Gasteiger partial charge in [0.25, 0.3) is 0 Å². The Kier molecular flexibility index (Phi) is 4.50. The zero-order chi connectivity index (χ0) is 13.1. The molecule has 18 heavy (non-hydrogen) atoms. The molecule has 0 spiro atoms. The van der Waals surface area contributed by atoms with Crippen LogP contribution in [0.25, 0.3) is 0 Å². The summed E-state index contributed by atoms with van der Waals surface area (Å²) in [5.41, 5.74) is 2.44. The van der Waals surface area contributed by atoms with Crippen LogP contribution in [0, 0.1) is 0 Å². The summed E-state index contributed by atoms with van der Waals surface area (Å²) in [6.07, 6.45) is 3.10. The summed E-state index contributed by atoms with van der Waals surface area (Å²) in [7, 11) is 0. The van der Waals surface area contributed by atoms with Gasteiger partial charge in [-0.3, -0.25) is 0 Å². The maximum absolute atomic E-state index is 9.42. The lowest BCUT2D eigenvalue weighted by atomic mass is 10.0. The molecule has 1 aromatic heterocycles. The topological polar surface area (TPSA) is 74.4 Å². The Morgan fingerprint density at radius 2 is 2.22 bits per heavy atom. The van der Waals surface area contributed by atoms with Crippen molar-refractivity contribution in [3.05, 3.63) is 16.1 Å². The summed E-state index contributed by atoms with van der Waals surface area (Å²) in [6.45, 7) is 0.912. The average Bonchev–Trinajstić information content (AvgIpc) is 2.39. The van der Waals surface area contributed by atoms with Gasteiger partial charge in [-0.05, 0) is 25.3 Å². The van der Waals surface area contributed by atoms with Crippen LogP contribution in [0.5, 0.6) is 0 Å². The van der Waals surface area contributed by atoms with Crippen LogP contribution >= 0.6 is 23.2 Å². The van der Waals surface area contributed by atoms with Crippen LogP contribution in [0.2, 0.25) is 10.0 Å². The molecular weight excluding hydrogens is 275 g/mol. The standard InChI is InChI=1S/C11H16Cl2N4O/c12-8-5-9(13)11(15-10(8)16-14)17-4-2-1-3-7(17)6-18/h5,7,18H,1-4,6,14H2,(H,15,16). The molecule has 1 atom stereocenters. The van der Waals surface area contributed by atoms with Gasteiger partial charge in [-0.15, -0.1) is 0 Å². The van der Waals surface area contributed by atoms with Crippen LogP contribution in [0.3, 0.4) is 0 Å². The molecule has 0 bridgehead atoms. The molecule has 1 aromatic rings. The minimum Gasteiger partial charge on any atom is -0.394 e. The number of aliphatic hydroxyl groups is 1. The molecule has 7 heteroatoms. The number of nitrogen functional groups attached to an aromatic ring is 1. The van der Waals surface area contributed by atoms with Crippen molar-refractivity contribution in [1.82, 2.24) is 4.98 Å². The largest absolute Gasteiger partial charge is 0.394 e. The van der Waals surface area contributed by atoms with Crippen molar-refractivity contribution in [2.75, 3.05) is 23.5 Å². The maximum atomic E-state index is 9.42. The molecule has 1 saturated heterocycles. The molecule has 0 aromatic carbocycles. The first-order chi connectivity index (χ1) is 8.67. The fraction of sp³-hybridized carbons (Fsp3) is 0.545. The minimum absolute atomic E-state index is 0.0514. The van der Waals surface area contributed by atoms with Gasteiger partial charge >= 0.3 is 0 Å². The SMILES string of the molecule is NNc1nc(N2CCCCC2CO)c(Cl)cc1Cl. The second kappa shape index (κ2) is 5.93. The van der Waals surface area contributed by atoms with E-state index in [9.17, 15) is 5.11 Å². The zero-order valence-corrected chi connectivity index (χ0v) is 11.4. The number of aliphatic hydroxyl groups excluding tert-OH is 1. The van der Waals surface area contributed by atoms with Crippen LogP contribution in [0.15, 0.2) is 6.07 Å². The Bertz CT molecular complexity index is 430. The predicted octanol–water partition coefficient (Wildman–Crippen LogP) is 2.03. The van der Waals surface area contributed by atoms with Gasteiger partial charge in [0.2, 0.25) is 0 Å². The molecule has 2 heterocycles. The third-order valence-corrected chi connectivity index (χ3v) is 3.72. The van der Waals surface area contributed by atoms with E-state index in [0.29, 0.717) is 21.7 Å². The number of anilines is 2. The van der Waals surface area contributed by atoms with Crippen molar-refractivity contribution in [3.63, 3.8) is 0 Å². The van der Waals surface area contributed by atoms with E-state index < -0.39 is 0 Å². The van der Waals surface area contributed by atoms with E-state index in [4.69, 9.17) is 29.0 Å². The van der Waals surface area contributed by atoms with E-state index >= 15 is 0 Å². The molecule has 0 amide bonds. The van der Waals surface area contributed by atoms with Crippen molar-refractivity contribution < 1.29 is 5.11 Å². The van der Waals surface area contributed by atoms with E-state index in [0.717, 1.165) is 25.8 Å². The number of nitrogens with one attached hydrogen (secondary N) is 1. The van der Waals surface area contributed by atoms with E-state index in [1.165, 1.54) is 0 Å². The summed E-state index contributed by atoms with van der Waals surface area (Å²) in [6, 6.07) is 1.67. The van der Waals surface area contributed by atoms with Gasteiger partial charge in [-0.25, -0.2) is 10.8 Å². The van der Waals surface area contributed by atoms with Crippen molar-refractivity contribution in [3.8, 4) is 0 Å². The minimum atomic E-state index is 0.0514. The third kappa shape index (κ3) is 2.64. The average molecular weight is 291 g/mol. The number of aromatic nitrogens is 1. The fourth-order valence-corrected chi connectivity index (χ4v) is 2.75. The van der Waals surface area contributed by atoms with Gasteiger partial charge < -0.3 is 15.4 Å². The lowest BCUT2D eigenvalue weighted by Crippen LogP contribution is -2.42. The van der Waals surface area contributed by atoms with Gasteiger partial charge in [0.05, 0.1) is 22.7 Å². The maximum Gasteiger partial charge on any atom is 0.161 e. The number of hydrogen-bond acceptors (Lipinski definition) is 5. The van der Waals surface area contributed by atoms with Gasteiger partial charge in [-0.2, -0.15) is 0 Å². The second-order valence-corrected chi connectivity index (χ2v) is 5.11. The number of halogens is 2. The summed E-state index contributed by atoms with van der Waals surface area (Å²) in [5.74, 6) is 6.36. The van der Waals surface area contributed by atoms with Crippen LogP contribution in [0.1, 0.15) is 19.3 Å². The Balaban J connectivity index is 2.36. The molecule has 4 N–H and O–H groups in total. The summed E-state index contributed by atoms with van der Waals surface area (Å²) >= 11 is 12.1. The molecule has 100 valence electrons. The molecular formula is C11H16Cl2N4O. The van der Waals surface area contributed by atoms with E-state index in [1.54, 1.807) is 6.07 Å². The molecule has 1 unspecified atom stereocenters.